The summed E-state index contributed by atoms with van der Waals surface area (Å²) in [6.07, 6.45) is 3.48. The number of pyridine rings is 1. The molecule has 1 aliphatic heterocycles. The normalized spacial score (nSPS) is 18.1. The summed E-state index contributed by atoms with van der Waals surface area (Å²) in [4.78, 5) is 29.2. The van der Waals surface area contributed by atoms with Crippen molar-refractivity contribution in [3.63, 3.8) is 0 Å². The Bertz CT molecular complexity index is 1360. The van der Waals surface area contributed by atoms with Crippen LogP contribution in [0.25, 0.3) is 16.9 Å². The van der Waals surface area contributed by atoms with Gasteiger partial charge in [-0.1, -0.05) is 25.1 Å². The average molecular weight is 455 g/mol. The second kappa shape index (κ2) is 8.67. The van der Waals surface area contributed by atoms with E-state index in [1.807, 2.05) is 84.3 Å². The van der Waals surface area contributed by atoms with Gasteiger partial charge in [0, 0.05) is 23.9 Å². The lowest BCUT2D eigenvalue weighted by atomic mass is 9.72. The van der Waals surface area contributed by atoms with Crippen LogP contribution in [0.2, 0.25) is 0 Å². The monoisotopic (exact) mass is 454 g/mol. The summed E-state index contributed by atoms with van der Waals surface area (Å²) in [5.74, 6) is 1.22. The fourth-order valence-corrected chi connectivity index (χ4v) is 4.64. The van der Waals surface area contributed by atoms with Crippen LogP contribution in [0, 0.1) is 0 Å². The van der Waals surface area contributed by atoms with Crippen LogP contribution >= 0.6 is 0 Å². The molecule has 2 N–H and O–H groups in total. The molecular weight excluding hydrogens is 428 g/mol. The minimum atomic E-state index is -0.677. The standard InChI is InChI=1S/C27H26N4O3/c1-3-27(16-15-23(32)30-26(27)33)19-9-11-20(12-10-19)28-25-24(18-7-13-21(34-2)14-8-18)29-22-6-4-5-17-31(22)25/h4-14,17,28H,3,15-16H2,1-2H3,(H,30,32,33). The molecule has 34 heavy (non-hydrogen) atoms. The van der Waals surface area contributed by atoms with Crippen LogP contribution in [0.15, 0.2) is 72.9 Å². The zero-order chi connectivity index (χ0) is 23.7. The Morgan fingerprint density at radius 1 is 1.06 bits per heavy atom. The fraction of sp³-hybridized carbons (Fsp3) is 0.222. The molecule has 1 fully saturated rings. The zero-order valence-electron chi connectivity index (χ0n) is 19.2. The number of nitrogens with one attached hydrogen (secondary N) is 2. The molecule has 1 aliphatic rings. The van der Waals surface area contributed by atoms with Crippen molar-refractivity contribution >= 4 is 29.0 Å². The van der Waals surface area contributed by atoms with E-state index >= 15 is 0 Å². The number of imidazole rings is 1. The lowest BCUT2D eigenvalue weighted by Gasteiger charge is -2.35. The molecule has 1 atom stereocenters. The molecule has 7 nitrogen and oxygen atoms in total. The van der Waals surface area contributed by atoms with E-state index in [1.54, 1.807) is 7.11 Å². The molecule has 4 aromatic rings. The lowest BCUT2D eigenvalue weighted by molar-refractivity contribution is -0.138. The van der Waals surface area contributed by atoms with Crippen LogP contribution in [0.1, 0.15) is 31.7 Å². The van der Waals surface area contributed by atoms with Crippen molar-refractivity contribution in [2.45, 2.75) is 31.6 Å². The van der Waals surface area contributed by atoms with Gasteiger partial charge in [-0.3, -0.25) is 19.3 Å². The molecule has 3 heterocycles. The predicted molar refractivity (Wildman–Crippen MR) is 131 cm³/mol. The number of carbonyl (C=O) groups is 2. The summed E-state index contributed by atoms with van der Waals surface area (Å²) in [6.45, 7) is 1.99. The summed E-state index contributed by atoms with van der Waals surface area (Å²) in [6, 6.07) is 21.6. The Labute approximate surface area is 197 Å². The van der Waals surface area contributed by atoms with Crippen LogP contribution in [-0.2, 0) is 15.0 Å². The second-order valence-electron chi connectivity index (χ2n) is 8.48. The van der Waals surface area contributed by atoms with E-state index in [2.05, 4.69) is 10.6 Å². The van der Waals surface area contributed by atoms with Gasteiger partial charge >= 0.3 is 0 Å². The van der Waals surface area contributed by atoms with Crippen molar-refractivity contribution in [3.05, 3.63) is 78.5 Å². The van der Waals surface area contributed by atoms with E-state index in [9.17, 15) is 9.59 Å². The van der Waals surface area contributed by atoms with Crippen molar-refractivity contribution in [1.82, 2.24) is 14.7 Å². The lowest BCUT2D eigenvalue weighted by Crippen LogP contribution is -2.51. The number of hydrogen-bond acceptors (Lipinski definition) is 5. The minimum absolute atomic E-state index is 0.203. The van der Waals surface area contributed by atoms with E-state index in [1.165, 1.54) is 0 Å². The van der Waals surface area contributed by atoms with Crippen LogP contribution in [0.3, 0.4) is 0 Å². The highest BCUT2D eigenvalue weighted by Gasteiger charge is 2.42. The highest BCUT2D eigenvalue weighted by molar-refractivity contribution is 6.03. The largest absolute Gasteiger partial charge is 0.497 e. The number of ether oxygens (including phenoxy) is 1. The molecule has 1 unspecified atom stereocenters. The molecule has 2 aromatic carbocycles. The molecule has 7 heteroatoms. The maximum atomic E-state index is 12.7. The van der Waals surface area contributed by atoms with Crippen molar-refractivity contribution in [3.8, 4) is 17.0 Å². The highest BCUT2D eigenvalue weighted by atomic mass is 16.5. The van der Waals surface area contributed by atoms with Gasteiger partial charge in [-0.15, -0.1) is 0 Å². The maximum Gasteiger partial charge on any atom is 0.237 e. The quantitative estimate of drug-likeness (QED) is 0.407. The molecule has 0 radical (unpaired) electrons. The molecular formula is C27H26N4O3. The first-order chi connectivity index (χ1) is 16.5. The summed E-state index contributed by atoms with van der Waals surface area (Å²) in [7, 11) is 1.65. The van der Waals surface area contributed by atoms with Crippen molar-refractivity contribution in [1.29, 1.82) is 0 Å². The topological polar surface area (TPSA) is 84.7 Å². The number of rotatable bonds is 6. The summed E-state index contributed by atoms with van der Waals surface area (Å²) < 4.78 is 7.31. The van der Waals surface area contributed by atoms with Gasteiger partial charge in [0.2, 0.25) is 11.8 Å². The Morgan fingerprint density at radius 2 is 1.82 bits per heavy atom. The zero-order valence-corrected chi connectivity index (χ0v) is 19.2. The maximum absolute atomic E-state index is 12.7. The van der Waals surface area contributed by atoms with Crippen molar-refractivity contribution < 1.29 is 14.3 Å². The summed E-state index contributed by atoms with van der Waals surface area (Å²) in [5.41, 5.74) is 3.75. The molecule has 172 valence electrons. The number of benzene rings is 2. The van der Waals surface area contributed by atoms with E-state index in [0.29, 0.717) is 19.3 Å². The van der Waals surface area contributed by atoms with Crippen molar-refractivity contribution in [2.75, 3.05) is 12.4 Å². The van der Waals surface area contributed by atoms with E-state index < -0.39 is 5.41 Å². The number of fused-ring (bicyclic) bond motifs is 1. The Balaban J connectivity index is 1.50. The first kappa shape index (κ1) is 21.7. The number of methoxy groups -OCH3 is 1. The van der Waals surface area contributed by atoms with Gasteiger partial charge in [0.15, 0.2) is 0 Å². The molecule has 0 spiro atoms. The highest BCUT2D eigenvalue weighted by Crippen LogP contribution is 2.37. The molecule has 2 aromatic heterocycles. The third kappa shape index (κ3) is 3.69. The Kier molecular flexibility index (Phi) is 5.53. The Hall–Kier alpha value is -4.13. The number of carbonyl (C=O) groups excluding carboxylic acids is 2. The average Bonchev–Trinajstić information content (AvgIpc) is 3.23. The molecule has 0 aliphatic carbocycles. The van der Waals surface area contributed by atoms with Gasteiger partial charge in [0.1, 0.15) is 22.9 Å². The molecule has 2 amide bonds. The molecule has 0 bridgehead atoms. The van der Waals surface area contributed by atoms with Crippen LogP contribution in [0.4, 0.5) is 11.5 Å². The number of nitrogens with zero attached hydrogens (tertiary/aromatic N) is 2. The van der Waals surface area contributed by atoms with E-state index in [0.717, 1.165) is 39.7 Å². The first-order valence-electron chi connectivity index (χ1n) is 11.4. The summed E-state index contributed by atoms with van der Waals surface area (Å²) in [5, 5.41) is 6.03. The first-order valence-corrected chi connectivity index (χ1v) is 11.4. The van der Waals surface area contributed by atoms with E-state index in [4.69, 9.17) is 9.72 Å². The fourth-order valence-electron chi connectivity index (χ4n) is 4.64. The Morgan fingerprint density at radius 3 is 2.50 bits per heavy atom. The van der Waals surface area contributed by atoms with Gasteiger partial charge in [-0.05, 0) is 66.9 Å². The number of amides is 2. The van der Waals surface area contributed by atoms with Gasteiger partial charge in [0.25, 0.3) is 0 Å². The van der Waals surface area contributed by atoms with Crippen LogP contribution < -0.4 is 15.4 Å². The van der Waals surface area contributed by atoms with Crippen LogP contribution in [-0.4, -0.2) is 28.3 Å². The number of piperidine rings is 1. The number of hydrogen-bond donors (Lipinski definition) is 2. The van der Waals surface area contributed by atoms with Gasteiger partial charge in [-0.2, -0.15) is 0 Å². The summed E-state index contributed by atoms with van der Waals surface area (Å²) >= 11 is 0. The SMILES string of the molecule is CCC1(c2ccc(Nc3c(-c4ccc(OC)cc4)nc4ccccn34)cc2)CCC(=O)NC1=O. The minimum Gasteiger partial charge on any atom is -0.497 e. The van der Waals surface area contributed by atoms with Crippen LogP contribution in [0.5, 0.6) is 5.75 Å². The van der Waals surface area contributed by atoms with Gasteiger partial charge in [0.05, 0.1) is 12.5 Å². The smallest absolute Gasteiger partial charge is 0.237 e. The van der Waals surface area contributed by atoms with Crippen molar-refractivity contribution in [2.24, 2.45) is 0 Å². The third-order valence-corrected chi connectivity index (χ3v) is 6.66. The number of aromatic nitrogens is 2. The number of anilines is 2. The van der Waals surface area contributed by atoms with Gasteiger partial charge in [-0.25, -0.2) is 4.98 Å². The van der Waals surface area contributed by atoms with E-state index in [-0.39, 0.29) is 11.8 Å². The molecule has 0 saturated carbocycles. The predicted octanol–water partition coefficient (Wildman–Crippen LogP) is 4.84. The molecule has 5 rings (SSSR count). The van der Waals surface area contributed by atoms with Gasteiger partial charge < -0.3 is 10.1 Å². The second-order valence-corrected chi connectivity index (χ2v) is 8.48. The molecule has 1 saturated heterocycles. The third-order valence-electron chi connectivity index (χ3n) is 6.66. The number of imide groups is 1.